The van der Waals surface area contributed by atoms with Crippen molar-refractivity contribution in [2.24, 2.45) is 35.5 Å². The van der Waals surface area contributed by atoms with Gasteiger partial charge in [0.05, 0.1) is 61.0 Å². The van der Waals surface area contributed by atoms with Crippen LogP contribution in [0.1, 0.15) is 59.3 Å². The summed E-state index contributed by atoms with van der Waals surface area (Å²) in [6.07, 6.45) is 5.87. The Morgan fingerprint density at radius 3 is 1.39 bits per heavy atom. The molecule has 0 aromatic rings. The van der Waals surface area contributed by atoms with Crippen LogP contribution >= 0.6 is 0 Å². The Bertz CT molecular complexity index is 822. The Morgan fingerprint density at radius 2 is 1.03 bits per heavy atom. The molecule has 6 fully saturated rings. The molecule has 11 nitrogen and oxygen atoms in total. The Hall–Kier alpha value is -1.79. The molecule has 4 N–H and O–H groups in total. The lowest BCUT2D eigenvalue weighted by atomic mass is 9.80. The number of esters is 1. The van der Waals surface area contributed by atoms with Crippen LogP contribution < -0.4 is 0 Å². The standard InChI is InChI=1S/C11H18O5.2C8H12O3/c1-6-2-9-10(16-9)3-8(6)11(14)15-5-7(13)4-12;2*1-4-2-6-7(11-6)3-5(4)8(9)10/h6-10,12-13H,2-5H2,1H3;2*4-7H,2-3H2,1H3,(H,9,10). The maximum absolute atomic E-state index is 11.7. The van der Waals surface area contributed by atoms with Gasteiger partial charge in [-0.15, -0.1) is 0 Å². The molecular weight excluding hydrogens is 500 g/mol. The zero-order valence-corrected chi connectivity index (χ0v) is 22.3. The lowest BCUT2D eigenvalue weighted by molar-refractivity contribution is -0.155. The number of epoxide rings is 3. The van der Waals surface area contributed by atoms with E-state index in [4.69, 9.17) is 39.4 Å². The number of ether oxygens (including phenoxy) is 4. The zero-order valence-electron chi connectivity index (χ0n) is 22.3. The number of aliphatic hydroxyl groups is 2. The number of hydrogen-bond donors (Lipinski definition) is 4. The van der Waals surface area contributed by atoms with Crippen molar-refractivity contribution in [2.45, 2.75) is 102 Å². The van der Waals surface area contributed by atoms with Gasteiger partial charge in [0.2, 0.25) is 0 Å². The number of hydrogen-bond acceptors (Lipinski definition) is 9. The summed E-state index contributed by atoms with van der Waals surface area (Å²) in [4.78, 5) is 33.1. The number of aliphatic carboxylic acids is 2. The summed E-state index contributed by atoms with van der Waals surface area (Å²) < 4.78 is 20.9. The number of carboxylic acids is 2. The first-order valence-electron chi connectivity index (χ1n) is 13.9. The molecule has 3 aliphatic carbocycles. The van der Waals surface area contributed by atoms with Crippen molar-refractivity contribution in [2.75, 3.05) is 13.2 Å². The maximum atomic E-state index is 11.7. The molecule has 3 heterocycles. The van der Waals surface area contributed by atoms with Gasteiger partial charge in [-0.05, 0) is 56.3 Å². The quantitative estimate of drug-likeness (QED) is 0.282. The van der Waals surface area contributed by atoms with Crippen LogP contribution in [0.25, 0.3) is 0 Å². The van der Waals surface area contributed by atoms with Crippen molar-refractivity contribution in [1.82, 2.24) is 0 Å². The van der Waals surface area contributed by atoms with Crippen molar-refractivity contribution in [3.05, 3.63) is 0 Å². The average molecular weight is 543 g/mol. The van der Waals surface area contributed by atoms with Gasteiger partial charge in [0.25, 0.3) is 0 Å². The van der Waals surface area contributed by atoms with Crippen LogP contribution in [0.4, 0.5) is 0 Å². The van der Waals surface area contributed by atoms with Gasteiger partial charge in [-0.1, -0.05) is 20.8 Å². The molecule has 3 saturated carbocycles. The van der Waals surface area contributed by atoms with E-state index in [1.807, 2.05) is 20.8 Å². The molecule has 13 atom stereocenters. The van der Waals surface area contributed by atoms with Gasteiger partial charge in [0.1, 0.15) is 12.7 Å². The molecule has 0 aromatic heterocycles. The number of fused-ring (bicyclic) bond motifs is 3. The van der Waals surface area contributed by atoms with Crippen LogP contribution in [0.3, 0.4) is 0 Å². The van der Waals surface area contributed by atoms with Gasteiger partial charge in [-0.25, -0.2) is 0 Å². The van der Waals surface area contributed by atoms with Crippen LogP contribution in [0.15, 0.2) is 0 Å². The van der Waals surface area contributed by atoms with Crippen LogP contribution in [0, 0.1) is 35.5 Å². The molecule has 0 radical (unpaired) electrons. The molecule has 0 aromatic carbocycles. The first kappa shape index (κ1) is 29.2. The van der Waals surface area contributed by atoms with Gasteiger partial charge < -0.3 is 39.4 Å². The van der Waals surface area contributed by atoms with E-state index in [1.54, 1.807) is 0 Å². The fourth-order valence-corrected chi connectivity index (χ4v) is 6.18. The highest BCUT2D eigenvalue weighted by atomic mass is 16.6. The lowest BCUT2D eigenvalue weighted by Crippen LogP contribution is -2.32. The fourth-order valence-electron chi connectivity index (χ4n) is 6.18. The minimum absolute atomic E-state index is 0.130. The third-order valence-electron chi connectivity index (χ3n) is 8.96. The first-order chi connectivity index (χ1) is 18.0. The minimum atomic E-state index is -0.979. The molecule has 0 amide bonds. The van der Waals surface area contributed by atoms with E-state index in [2.05, 4.69) is 0 Å². The van der Waals surface area contributed by atoms with Crippen LogP contribution in [0.2, 0.25) is 0 Å². The predicted octanol–water partition coefficient (Wildman–Crippen LogP) is 1.47. The van der Waals surface area contributed by atoms with E-state index < -0.39 is 18.0 Å². The van der Waals surface area contributed by atoms with Crippen molar-refractivity contribution in [1.29, 1.82) is 0 Å². The normalized spacial score (nSPS) is 44.1. The third kappa shape index (κ3) is 7.44. The van der Waals surface area contributed by atoms with E-state index in [-0.39, 0.29) is 73.0 Å². The van der Waals surface area contributed by atoms with Crippen molar-refractivity contribution in [3.63, 3.8) is 0 Å². The number of rotatable bonds is 6. The molecule has 0 bridgehead atoms. The van der Waals surface area contributed by atoms with Crippen molar-refractivity contribution >= 4 is 17.9 Å². The second-order valence-corrected chi connectivity index (χ2v) is 11.9. The number of aliphatic hydroxyl groups excluding tert-OH is 2. The smallest absolute Gasteiger partial charge is 0.309 e. The molecule has 6 rings (SSSR count). The van der Waals surface area contributed by atoms with Gasteiger partial charge in [0.15, 0.2) is 0 Å². The van der Waals surface area contributed by atoms with E-state index in [0.717, 1.165) is 38.5 Å². The Morgan fingerprint density at radius 1 is 0.684 bits per heavy atom. The third-order valence-corrected chi connectivity index (χ3v) is 8.96. The molecule has 3 saturated heterocycles. The highest BCUT2D eigenvalue weighted by molar-refractivity contribution is 5.73. The average Bonchev–Trinajstić information content (AvgIpc) is 3.75. The highest BCUT2D eigenvalue weighted by Gasteiger charge is 2.50. The summed E-state index contributed by atoms with van der Waals surface area (Å²) in [6, 6.07) is 0. The molecule has 13 unspecified atom stereocenters. The highest BCUT2D eigenvalue weighted by Crippen LogP contribution is 2.44. The Balaban J connectivity index is 0.000000136. The maximum Gasteiger partial charge on any atom is 0.309 e. The fraction of sp³-hybridized carbons (Fsp3) is 0.889. The van der Waals surface area contributed by atoms with E-state index >= 15 is 0 Å². The summed E-state index contributed by atoms with van der Waals surface area (Å²) in [7, 11) is 0. The molecule has 6 aliphatic rings. The van der Waals surface area contributed by atoms with E-state index in [9.17, 15) is 14.4 Å². The van der Waals surface area contributed by atoms with Gasteiger partial charge in [-0.3, -0.25) is 14.4 Å². The van der Waals surface area contributed by atoms with Crippen LogP contribution in [0.5, 0.6) is 0 Å². The van der Waals surface area contributed by atoms with Crippen LogP contribution in [-0.2, 0) is 33.3 Å². The molecule has 38 heavy (non-hydrogen) atoms. The SMILES string of the molecule is CC1CC2OC2CC1C(=O)O.CC1CC2OC2CC1C(=O)O.CC1CC2OC2CC1C(=O)OCC(O)CO. The van der Waals surface area contributed by atoms with Crippen LogP contribution in [-0.4, -0.2) is 94.3 Å². The van der Waals surface area contributed by atoms with Crippen molar-refractivity contribution < 1.29 is 53.8 Å². The zero-order chi connectivity index (χ0) is 27.7. The van der Waals surface area contributed by atoms with Gasteiger partial charge >= 0.3 is 17.9 Å². The Kier molecular flexibility index (Phi) is 9.34. The number of carboxylic acid groups (broad SMARTS) is 2. The van der Waals surface area contributed by atoms with E-state index in [0.29, 0.717) is 18.3 Å². The topological polar surface area (TPSA) is 179 Å². The first-order valence-corrected chi connectivity index (χ1v) is 13.9. The summed E-state index contributed by atoms with van der Waals surface area (Å²) in [5.74, 6) is -1.23. The summed E-state index contributed by atoms with van der Waals surface area (Å²) in [6.45, 7) is 5.49. The molecular formula is C27H42O11. The molecule has 11 heteroatoms. The summed E-state index contributed by atoms with van der Waals surface area (Å²) >= 11 is 0. The number of carbonyl (C=O) groups excluding carboxylic acids is 1. The van der Waals surface area contributed by atoms with Gasteiger partial charge in [-0.2, -0.15) is 0 Å². The van der Waals surface area contributed by atoms with E-state index in [1.165, 1.54) is 0 Å². The molecule has 3 aliphatic heterocycles. The number of carbonyl (C=O) groups is 3. The largest absolute Gasteiger partial charge is 0.481 e. The van der Waals surface area contributed by atoms with Crippen molar-refractivity contribution in [3.8, 4) is 0 Å². The molecule has 0 spiro atoms. The summed E-state index contributed by atoms with van der Waals surface area (Å²) in [5, 5.41) is 35.3. The monoisotopic (exact) mass is 542 g/mol. The Labute approximate surface area is 222 Å². The molecule has 216 valence electrons. The van der Waals surface area contributed by atoms with Gasteiger partial charge in [0, 0.05) is 0 Å². The predicted molar refractivity (Wildman–Crippen MR) is 131 cm³/mol. The second-order valence-electron chi connectivity index (χ2n) is 11.9. The lowest BCUT2D eigenvalue weighted by Gasteiger charge is -2.24. The summed E-state index contributed by atoms with van der Waals surface area (Å²) in [5.41, 5.74) is 0. The second kappa shape index (κ2) is 12.2. The minimum Gasteiger partial charge on any atom is -0.481 e.